The van der Waals surface area contributed by atoms with Crippen LogP contribution in [0.3, 0.4) is 0 Å². The molecule has 2 fully saturated rings. The first-order valence-corrected chi connectivity index (χ1v) is 14.9. The molecule has 6 nitrogen and oxygen atoms in total. The highest BCUT2D eigenvalue weighted by atomic mass is 19.1. The molecular weight excluding hydrogens is 519 g/mol. The van der Waals surface area contributed by atoms with Gasteiger partial charge in [0.05, 0.1) is 19.2 Å². The molecule has 3 heterocycles. The summed E-state index contributed by atoms with van der Waals surface area (Å²) in [5, 5.41) is 9.75. The second kappa shape index (κ2) is 11.4. The zero-order valence-corrected chi connectivity index (χ0v) is 24.1. The van der Waals surface area contributed by atoms with Gasteiger partial charge in [0, 0.05) is 24.2 Å². The summed E-state index contributed by atoms with van der Waals surface area (Å²) in [7, 11) is 1.54. The first-order chi connectivity index (χ1) is 19.8. The number of fused-ring (bicyclic) bond motifs is 1. The van der Waals surface area contributed by atoms with E-state index in [1.165, 1.54) is 19.0 Å². The van der Waals surface area contributed by atoms with Crippen molar-refractivity contribution in [2.24, 2.45) is 11.8 Å². The lowest BCUT2D eigenvalue weighted by molar-refractivity contribution is -0.142. The molecule has 0 spiro atoms. The molecule has 4 atom stereocenters. The number of carbonyl (C=O) groups is 1. The Morgan fingerprint density at radius 1 is 1.15 bits per heavy atom. The lowest BCUT2D eigenvalue weighted by atomic mass is 9.82. The normalized spacial score (nSPS) is 22.0. The Kier molecular flexibility index (Phi) is 7.73. The van der Waals surface area contributed by atoms with E-state index in [-0.39, 0.29) is 17.8 Å². The second-order valence-corrected chi connectivity index (χ2v) is 12.1. The van der Waals surface area contributed by atoms with Crippen LogP contribution in [0.5, 0.6) is 11.6 Å². The maximum atomic E-state index is 15.1. The van der Waals surface area contributed by atoms with Gasteiger partial charge in [-0.3, -0.25) is 9.69 Å². The van der Waals surface area contributed by atoms with E-state index in [4.69, 9.17) is 9.47 Å². The number of hydrogen-bond acceptors (Lipinski definition) is 5. The van der Waals surface area contributed by atoms with Crippen molar-refractivity contribution in [2.45, 2.75) is 77.0 Å². The van der Waals surface area contributed by atoms with Crippen molar-refractivity contribution in [3.05, 3.63) is 76.7 Å². The molecule has 2 aliphatic heterocycles. The van der Waals surface area contributed by atoms with Crippen LogP contribution >= 0.6 is 0 Å². The Bertz CT molecular complexity index is 1440. The summed E-state index contributed by atoms with van der Waals surface area (Å²) in [5.41, 5.74) is 5.70. The number of hydrogen-bond donors (Lipinski definition) is 1. The fraction of sp³-hybridized carbons (Fsp3) is 0.471. The lowest BCUT2D eigenvalue weighted by Crippen LogP contribution is -2.26. The van der Waals surface area contributed by atoms with Gasteiger partial charge in [0.1, 0.15) is 17.7 Å². The molecule has 2 aromatic carbocycles. The molecule has 41 heavy (non-hydrogen) atoms. The minimum atomic E-state index is -0.749. The number of carboxylic acids is 1. The molecule has 1 N–H and O–H groups in total. The molecule has 1 aromatic heterocycles. The van der Waals surface area contributed by atoms with Gasteiger partial charge in [0.2, 0.25) is 5.88 Å². The molecule has 3 aromatic rings. The summed E-state index contributed by atoms with van der Waals surface area (Å²) < 4.78 is 27.0. The summed E-state index contributed by atoms with van der Waals surface area (Å²) >= 11 is 0. The van der Waals surface area contributed by atoms with Gasteiger partial charge in [-0.1, -0.05) is 37.3 Å². The molecule has 0 amide bonds. The molecule has 1 saturated carbocycles. The third-order valence-electron chi connectivity index (χ3n) is 9.37. The van der Waals surface area contributed by atoms with Crippen molar-refractivity contribution in [2.75, 3.05) is 13.7 Å². The van der Waals surface area contributed by atoms with E-state index in [0.717, 1.165) is 72.3 Å². The van der Waals surface area contributed by atoms with Crippen molar-refractivity contribution in [3.8, 4) is 22.8 Å². The highest BCUT2D eigenvalue weighted by molar-refractivity contribution is 5.71. The van der Waals surface area contributed by atoms with Crippen LogP contribution in [0.2, 0.25) is 0 Å². The van der Waals surface area contributed by atoms with E-state index in [2.05, 4.69) is 47.1 Å². The zero-order chi connectivity index (χ0) is 28.7. The van der Waals surface area contributed by atoms with Gasteiger partial charge >= 0.3 is 5.97 Å². The monoisotopic (exact) mass is 558 g/mol. The van der Waals surface area contributed by atoms with Crippen molar-refractivity contribution < 1.29 is 23.8 Å². The molecule has 6 rings (SSSR count). The Labute approximate surface area is 241 Å². The van der Waals surface area contributed by atoms with E-state index in [0.29, 0.717) is 23.4 Å². The van der Waals surface area contributed by atoms with Crippen molar-refractivity contribution in [1.82, 2.24) is 9.88 Å². The number of likely N-dealkylation sites (tertiary alicyclic amines) is 1. The van der Waals surface area contributed by atoms with Gasteiger partial charge in [-0.2, -0.15) is 0 Å². The van der Waals surface area contributed by atoms with E-state index in [9.17, 15) is 9.90 Å². The zero-order valence-electron chi connectivity index (χ0n) is 24.1. The maximum Gasteiger partial charge on any atom is 0.306 e. The number of halogens is 1. The molecule has 1 saturated heterocycles. The minimum Gasteiger partial charge on any atom is -0.485 e. The van der Waals surface area contributed by atoms with Crippen LogP contribution in [0.25, 0.3) is 11.1 Å². The molecule has 1 aliphatic carbocycles. The predicted molar refractivity (Wildman–Crippen MR) is 156 cm³/mol. The molecule has 0 radical (unpaired) electrons. The van der Waals surface area contributed by atoms with Crippen molar-refractivity contribution in [3.63, 3.8) is 0 Å². The number of rotatable bonds is 9. The summed E-state index contributed by atoms with van der Waals surface area (Å²) in [6.07, 6.45) is 7.33. The summed E-state index contributed by atoms with van der Waals surface area (Å²) in [5.74, 6) is 0.111. The van der Waals surface area contributed by atoms with E-state index in [1.807, 2.05) is 13.0 Å². The number of nitrogens with zero attached hydrogens (tertiary/aromatic N) is 2. The van der Waals surface area contributed by atoms with Crippen LogP contribution in [-0.2, 0) is 17.8 Å². The minimum absolute atomic E-state index is 0.00219. The van der Waals surface area contributed by atoms with Gasteiger partial charge in [0.15, 0.2) is 0 Å². The second-order valence-electron chi connectivity index (χ2n) is 12.1. The SMILES string of the molecule is COc1cc(-c2ccc([C@H]3CCc4ccc(C(C5CC5)[C@H](C)C(=O)O)cc4O3)cc2CN2CCC[C@H]2C)c(F)cn1. The molecule has 1 unspecified atom stereocenters. The fourth-order valence-electron chi connectivity index (χ4n) is 6.80. The molecule has 216 valence electrons. The van der Waals surface area contributed by atoms with Crippen LogP contribution < -0.4 is 9.47 Å². The largest absolute Gasteiger partial charge is 0.485 e. The molecule has 3 aliphatic rings. The van der Waals surface area contributed by atoms with Crippen LogP contribution in [0, 0.1) is 17.7 Å². The number of aryl methyl sites for hydroxylation is 1. The Hall–Kier alpha value is -3.45. The first kappa shape index (κ1) is 27.7. The molecule has 0 bridgehead atoms. The molecular formula is C34H39FN2O4. The number of carboxylic acid groups (broad SMARTS) is 1. The summed E-state index contributed by atoms with van der Waals surface area (Å²) in [6.45, 7) is 5.84. The number of ether oxygens (including phenoxy) is 2. The predicted octanol–water partition coefficient (Wildman–Crippen LogP) is 7.16. The van der Waals surface area contributed by atoms with Gasteiger partial charge < -0.3 is 14.6 Å². The highest BCUT2D eigenvalue weighted by Gasteiger charge is 2.39. The Morgan fingerprint density at radius 2 is 1.98 bits per heavy atom. The number of aliphatic carboxylic acids is 1. The average molecular weight is 559 g/mol. The van der Waals surface area contributed by atoms with Gasteiger partial charge in [-0.05, 0) is 97.7 Å². The quantitative estimate of drug-likeness (QED) is 0.300. The van der Waals surface area contributed by atoms with E-state index >= 15 is 4.39 Å². The molecule has 7 heteroatoms. The van der Waals surface area contributed by atoms with Crippen molar-refractivity contribution >= 4 is 5.97 Å². The third-order valence-corrected chi connectivity index (χ3v) is 9.37. The standard InChI is InChI=1S/C34H39FN2O4/c1-20-5-4-14-37(20)19-26-15-24(10-12-27(26)28-17-32(40-3)36-18-29(28)35)30-13-11-22-6-9-25(16-31(22)41-30)33(23-7-8-23)21(2)34(38)39/h6,9-10,12,15-18,20-21,23,30,33H,4-5,7-8,11,13-14,19H2,1-3H3,(H,38,39)/t20-,21+,30-,33?/m1/s1. The average Bonchev–Trinajstić information content (AvgIpc) is 3.73. The number of methoxy groups -OCH3 is 1. The van der Waals surface area contributed by atoms with Gasteiger partial charge in [-0.15, -0.1) is 0 Å². The summed E-state index contributed by atoms with van der Waals surface area (Å²) in [4.78, 5) is 18.4. The third kappa shape index (κ3) is 5.69. The van der Waals surface area contributed by atoms with Gasteiger partial charge in [0.25, 0.3) is 0 Å². The fourth-order valence-corrected chi connectivity index (χ4v) is 6.80. The first-order valence-electron chi connectivity index (χ1n) is 14.9. The number of benzene rings is 2. The number of pyridine rings is 1. The highest BCUT2D eigenvalue weighted by Crippen LogP contribution is 2.48. The van der Waals surface area contributed by atoms with Gasteiger partial charge in [-0.25, -0.2) is 9.37 Å². The van der Waals surface area contributed by atoms with Crippen LogP contribution in [0.4, 0.5) is 4.39 Å². The van der Waals surface area contributed by atoms with E-state index in [1.54, 1.807) is 13.2 Å². The Balaban J connectivity index is 1.32. The number of aromatic nitrogens is 1. The van der Waals surface area contributed by atoms with Crippen LogP contribution in [0.15, 0.2) is 48.7 Å². The van der Waals surface area contributed by atoms with E-state index < -0.39 is 11.9 Å². The lowest BCUT2D eigenvalue weighted by Gasteiger charge is -2.30. The Morgan fingerprint density at radius 3 is 2.68 bits per heavy atom. The maximum absolute atomic E-state index is 15.1. The van der Waals surface area contributed by atoms with Crippen LogP contribution in [-0.4, -0.2) is 40.7 Å². The van der Waals surface area contributed by atoms with Crippen LogP contribution in [0.1, 0.15) is 80.2 Å². The summed E-state index contributed by atoms with van der Waals surface area (Å²) in [6, 6.07) is 14.7. The van der Waals surface area contributed by atoms with Crippen molar-refractivity contribution in [1.29, 1.82) is 0 Å². The topological polar surface area (TPSA) is 71.9 Å². The smallest absolute Gasteiger partial charge is 0.306 e.